The van der Waals surface area contributed by atoms with Gasteiger partial charge in [0.15, 0.2) is 0 Å². The maximum Gasteiger partial charge on any atom is 0.271 e. The second-order valence-electron chi connectivity index (χ2n) is 5.39. The van der Waals surface area contributed by atoms with Gasteiger partial charge in [-0.2, -0.15) is 0 Å². The third kappa shape index (κ3) is 4.39. The van der Waals surface area contributed by atoms with Gasteiger partial charge in [0.2, 0.25) is 10.0 Å². The number of hydrogen-bond acceptors (Lipinski definition) is 5. The van der Waals surface area contributed by atoms with Crippen LogP contribution >= 0.6 is 11.6 Å². The summed E-state index contributed by atoms with van der Waals surface area (Å²) in [4.78, 5) is 9.88. The lowest BCUT2D eigenvalue weighted by molar-refractivity contribution is -0.384. The van der Waals surface area contributed by atoms with E-state index in [1.54, 1.807) is 0 Å². The molecule has 124 valence electrons. The Labute approximate surface area is 135 Å². The Hall–Kier alpha value is -1.22. The van der Waals surface area contributed by atoms with Crippen molar-refractivity contribution in [3.05, 3.63) is 33.3 Å². The zero-order valence-electron chi connectivity index (χ0n) is 12.7. The summed E-state index contributed by atoms with van der Waals surface area (Å²) in [6.45, 7) is 4.17. The fourth-order valence-corrected chi connectivity index (χ4v) is 3.46. The van der Waals surface area contributed by atoms with E-state index in [0.717, 1.165) is 22.5 Å². The van der Waals surface area contributed by atoms with Crippen molar-refractivity contribution in [2.24, 2.45) is 11.7 Å². The Morgan fingerprint density at radius 2 is 2.00 bits per heavy atom. The van der Waals surface area contributed by atoms with Gasteiger partial charge in [0, 0.05) is 31.8 Å². The summed E-state index contributed by atoms with van der Waals surface area (Å²) in [6.07, 6.45) is 0.512. The highest BCUT2D eigenvalue weighted by molar-refractivity contribution is 7.89. The zero-order chi connectivity index (χ0) is 17.1. The second-order valence-corrected chi connectivity index (χ2v) is 7.82. The van der Waals surface area contributed by atoms with Gasteiger partial charge >= 0.3 is 0 Å². The van der Waals surface area contributed by atoms with Crippen LogP contribution in [0.5, 0.6) is 0 Å². The molecule has 0 aliphatic carbocycles. The molecule has 0 aliphatic rings. The minimum atomic E-state index is -3.81. The van der Waals surface area contributed by atoms with Gasteiger partial charge in [-0.15, -0.1) is 0 Å². The molecule has 1 rings (SSSR count). The molecule has 2 N–H and O–H groups in total. The predicted octanol–water partition coefficient (Wildman–Crippen LogP) is 2.24. The molecule has 0 bridgehead atoms. The number of benzene rings is 1. The van der Waals surface area contributed by atoms with Gasteiger partial charge in [-0.3, -0.25) is 10.1 Å². The lowest BCUT2D eigenvalue weighted by Crippen LogP contribution is -2.34. The maximum atomic E-state index is 12.4. The molecule has 0 aromatic heterocycles. The summed E-state index contributed by atoms with van der Waals surface area (Å²) < 4.78 is 26.0. The highest BCUT2D eigenvalue weighted by Gasteiger charge is 2.25. The highest BCUT2D eigenvalue weighted by atomic mass is 35.5. The van der Waals surface area contributed by atoms with Crippen molar-refractivity contribution < 1.29 is 13.3 Å². The number of non-ortho nitro benzene ring substituents is 1. The van der Waals surface area contributed by atoms with Crippen LogP contribution in [-0.2, 0) is 10.0 Å². The van der Waals surface area contributed by atoms with Gasteiger partial charge in [0.05, 0.1) is 9.95 Å². The predicted molar refractivity (Wildman–Crippen MR) is 85.4 cm³/mol. The average Bonchev–Trinajstić information content (AvgIpc) is 2.43. The zero-order valence-corrected chi connectivity index (χ0v) is 14.3. The molecular formula is C13H20ClN3O4S. The van der Waals surface area contributed by atoms with Crippen molar-refractivity contribution in [3.63, 3.8) is 0 Å². The van der Waals surface area contributed by atoms with E-state index in [1.807, 2.05) is 13.8 Å². The fraction of sp³-hybridized carbons (Fsp3) is 0.538. The van der Waals surface area contributed by atoms with Crippen molar-refractivity contribution in [2.75, 3.05) is 13.6 Å². The Kier molecular flexibility index (Phi) is 6.30. The summed E-state index contributed by atoms with van der Waals surface area (Å²) in [5.74, 6) is 0.249. The number of nitro benzene ring substituents is 1. The first-order valence-electron chi connectivity index (χ1n) is 6.73. The van der Waals surface area contributed by atoms with E-state index in [4.69, 9.17) is 17.3 Å². The molecular weight excluding hydrogens is 330 g/mol. The van der Waals surface area contributed by atoms with Crippen LogP contribution in [0.1, 0.15) is 20.3 Å². The van der Waals surface area contributed by atoms with Gasteiger partial charge in [0.1, 0.15) is 4.90 Å². The molecule has 1 atom stereocenters. The van der Waals surface area contributed by atoms with Crippen LogP contribution in [0.15, 0.2) is 23.1 Å². The highest BCUT2D eigenvalue weighted by Crippen LogP contribution is 2.28. The lowest BCUT2D eigenvalue weighted by atomic mass is 10.0. The molecule has 0 saturated heterocycles. The van der Waals surface area contributed by atoms with Crippen LogP contribution in [-0.4, -0.2) is 37.3 Å². The van der Waals surface area contributed by atoms with Crippen LogP contribution < -0.4 is 5.73 Å². The Balaban J connectivity index is 2.96. The molecule has 22 heavy (non-hydrogen) atoms. The summed E-state index contributed by atoms with van der Waals surface area (Å²) in [7, 11) is -2.38. The number of nitro groups is 1. The van der Waals surface area contributed by atoms with Crippen molar-refractivity contribution in [2.45, 2.75) is 31.2 Å². The molecule has 1 aromatic carbocycles. The molecule has 9 heteroatoms. The second kappa shape index (κ2) is 7.36. The standard InChI is InChI=1S/C13H20ClN3O4S/c1-9(2)12(15)6-7-16(3)22(20,21)13-5-4-10(17(18)19)8-11(13)14/h4-5,8-9,12H,6-7,15H2,1-3H3. The number of hydrogen-bond donors (Lipinski definition) is 1. The van der Waals surface area contributed by atoms with E-state index < -0.39 is 14.9 Å². The topological polar surface area (TPSA) is 107 Å². The van der Waals surface area contributed by atoms with E-state index in [-0.39, 0.29) is 34.1 Å². The molecule has 0 saturated carbocycles. The van der Waals surface area contributed by atoms with E-state index in [9.17, 15) is 18.5 Å². The van der Waals surface area contributed by atoms with Gasteiger partial charge in [-0.05, 0) is 18.4 Å². The van der Waals surface area contributed by atoms with Gasteiger partial charge in [-0.1, -0.05) is 25.4 Å². The van der Waals surface area contributed by atoms with E-state index in [0.29, 0.717) is 6.42 Å². The molecule has 0 aliphatic heterocycles. The Morgan fingerprint density at radius 1 is 1.41 bits per heavy atom. The van der Waals surface area contributed by atoms with Crippen LogP contribution in [0.25, 0.3) is 0 Å². The van der Waals surface area contributed by atoms with Crippen molar-refractivity contribution in [1.82, 2.24) is 4.31 Å². The fourth-order valence-electron chi connectivity index (χ4n) is 1.76. The SMILES string of the molecule is CC(C)C(N)CCN(C)S(=O)(=O)c1ccc([N+](=O)[O-])cc1Cl. The van der Waals surface area contributed by atoms with Crippen molar-refractivity contribution >= 4 is 27.3 Å². The van der Waals surface area contributed by atoms with Crippen LogP contribution in [0.2, 0.25) is 5.02 Å². The summed E-state index contributed by atoms with van der Waals surface area (Å²) >= 11 is 5.88. The number of nitrogens with two attached hydrogens (primary N) is 1. The molecule has 0 radical (unpaired) electrons. The third-order valence-corrected chi connectivity index (χ3v) is 5.79. The van der Waals surface area contributed by atoms with Crippen LogP contribution in [0.3, 0.4) is 0 Å². The maximum absolute atomic E-state index is 12.4. The molecule has 1 unspecified atom stereocenters. The van der Waals surface area contributed by atoms with E-state index >= 15 is 0 Å². The monoisotopic (exact) mass is 349 g/mol. The lowest BCUT2D eigenvalue weighted by Gasteiger charge is -2.21. The summed E-state index contributed by atoms with van der Waals surface area (Å²) in [6, 6.07) is 3.19. The first-order valence-corrected chi connectivity index (χ1v) is 8.55. The minimum absolute atomic E-state index is 0.106. The average molecular weight is 350 g/mol. The molecule has 0 fully saturated rings. The van der Waals surface area contributed by atoms with Gasteiger partial charge < -0.3 is 5.73 Å². The number of sulfonamides is 1. The van der Waals surface area contributed by atoms with Crippen molar-refractivity contribution in [1.29, 1.82) is 0 Å². The van der Waals surface area contributed by atoms with Gasteiger partial charge in [0.25, 0.3) is 5.69 Å². The Bertz CT molecular complexity index is 649. The smallest absolute Gasteiger partial charge is 0.271 e. The van der Waals surface area contributed by atoms with Crippen LogP contribution in [0, 0.1) is 16.0 Å². The van der Waals surface area contributed by atoms with Crippen molar-refractivity contribution in [3.8, 4) is 0 Å². The van der Waals surface area contributed by atoms with Crippen LogP contribution in [0.4, 0.5) is 5.69 Å². The van der Waals surface area contributed by atoms with E-state index in [1.165, 1.54) is 7.05 Å². The summed E-state index contributed by atoms with van der Waals surface area (Å²) in [5, 5.41) is 10.5. The first-order chi connectivity index (χ1) is 10.1. The largest absolute Gasteiger partial charge is 0.327 e. The third-order valence-electron chi connectivity index (χ3n) is 3.45. The number of rotatable bonds is 7. The molecule has 1 aromatic rings. The number of nitrogens with zero attached hydrogens (tertiary/aromatic N) is 2. The van der Waals surface area contributed by atoms with Gasteiger partial charge in [-0.25, -0.2) is 12.7 Å². The van der Waals surface area contributed by atoms with E-state index in [2.05, 4.69) is 0 Å². The normalized spacial score (nSPS) is 13.6. The Morgan fingerprint density at radius 3 is 2.45 bits per heavy atom. The molecule has 0 spiro atoms. The quantitative estimate of drug-likeness (QED) is 0.600. The summed E-state index contributed by atoms with van der Waals surface area (Å²) in [5.41, 5.74) is 5.65. The first kappa shape index (κ1) is 18.8. The molecule has 0 heterocycles. The minimum Gasteiger partial charge on any atom is -0.327 e. The molecule has 7 nitrogen and oxygen atoms in total. The molecule has 0 amide bonds. The number of halogens is 1.